The monoisotopic (exact) mass is 436 g/mol. The number of carbonyl (C=O) groups is 1. The maximum absolute atomic E-state index is 13.4. The van der Waals surface area contributed by atoms with Gasteiger partial charge in [-0.05, 0) is 64.7 Å². The molecular formula is C21H42FN2O2PS. The number of amidine groups is 1. The molecule has 1 amide bonds. The number of aliphatic imine (C=N–C) groups is 1. The van der Waals surface area contributed by atoms with E-state index >= 15 is 0 Å². The summed E-state index contributed by atoms with van der Waals surface area (Å²) in [6.07, 6.45) is 6.52. The maximum atomic E-state index is 13.4. The highest BCUT2D eigenvalue weighted by Crippen LogP contribution is 2.44. The number of thioether (sulfide) groups is 1. The second-order valence-corrected chi connectivity index (χ2v) is 10.2. The van der Waals surface area contributed by atoms with E-state index in [9.17, 15) is 9.18 Å². The van der Waals surface area contributed by atoms with Crippen LogP contribution in [0.25, 0.3) is 0 Å². The minimum atomic E-state index is -1.02. The van der Waals surface area contributed by atoms with Gasteiger partial charge in [0.2, 0.25) is 5.91 Å². The summed E-state index contributed by atoms with van der Waals surface area (Å²) in [6.45, 7) is 10.0. The lowest BCUT2D eigenvalue weighted by atomic mass is 9.85. The van der Waals surface area contributed by atoms with Gasteiger partial charge >= 0.3 is 0 Å². The van der Waals surface area contributed by atoms with Gasteiger partial charge in [0.1, 0.15) is 10.2 Å². The Morgan fingerprint density at radius 1 is 1.39 bits per heavy atom. The van der Waals surface area contributed by atoms with Crippen LogP contribution in [-0.4, -0.2) is 40.5 Å². The van der Waals surface area contributed by atoms with Crippen LogP contribution < -0.4 is 5.32 Å². The Morgan fingerprint density at radius 3 is 2.43 bits per heavy atom. The van der Waals surface area contributed by atoms with Crippen molar-refractivity contribution >= 4 is 32.1 Å². The summed E-state index contributed by atoms with van der Waals surface area (Å²) in [7, 11) is 4.06. The van der Waals surface area contributed by atoms with Crippen LogP contribution in [0.1, 0.15) is 87.0 Å². The predicted molar refractivity (Wildman–Crippen MR) is 125 cm³/mol. The molecule has 0 aromatic heterocycles. The molecular weight excluding hydrogens is 394 g/mol. The van der Waals surface area contributed by atoms with Gasteiger partial charge in [0, 0.05) is 13.2 Å². The number of nitrogens with zero attached hydrogens (tertiary/aromatic N) is 1. The predicted octanol–water partition coefficient (Wildman–Crippen LogP) is 5.95. The fraction of sp³-hybridized carbons (Fsp3) is 0.905. The number of ether oxygens (including phenoxy) is 1. The minimum Gasteiger partial charge on any atom is -0.381 e. The van der Waals surface area contributed by atoms with Crippen molar-refractivity contribution in [2.45, 2.75) is 109 Å². The van der Waals surface area contributed by atoms with Crippen molar-refractivity contribution < 1.29 is 13.9 Å². The largest absolute Gasteiger partial charge is 0.381 e. The van der Waals surface area contributed by atoms with Crippen LogP contribution in [0.3, 0.4) is 0 Å². The van der Waals surface area contributed by atoms with Crippen LogP contribution in [0.2, 0.25) is 0 Å². The van der Waals surface area contributed by atoms with Crippen molar-refractivity contribution in [3.05, 3.63) is 0 Å². The van der Waals surface area contributed by atoms with E-state index in [-0.39, 0.29) is 36.1 Å². The first kappa shape index (κ1) is 27.8. The van der Waals surface area contributed by atoms with Crippen LogP contribution in [0.15, 0.2) is 4.99 Å². The number of alkyl halides is 1. The number of methoxy groups -OCH3 is 1. The summed E-state index contributed by atoms with van der Waals surface area (Å²) in [5, 5.41) is 2.66. The summed E-state index contributed by atoms with van der Waals surface area (Å²) in [5.41, 5.74) is 0. The number of amides is 1. The van der Waals surface area contributed by atoms with E-state index in [2.05, 4.69) is 19.5 Å². The molecule has 2 rings (SSSR count). The van der Waals surface area contributed by atoms with E-state index in [4.69, 9.17) is 4.74 Å². The molecule has 0 radical (unpaired) electrons. The van der Waals surface area contributed by atoms with Crippen LogP contribution in [0.5, 0.6) is 0 Å². The first-order valence-corrected chi connectivity index (χ1v) is 11.6. The SMILES string of the molecule is C.CCC(CC)C(F)(P)CC.COC1CCCC2(C1)SC(=NC(C)C)NC2=O. The van der Waals surface area contributed by atoms with E-state index < -0.39 is 5.41 Å². The number of rotatable bonds is 6. The lowest BCUT2D eigenvalue weighted by Gasteiger charge is -2.33. The normalized spacial score (nSPS) is 28.0. The van der Waals surface area contributed by atoms with Crippen LogP contribution >= 0.6 is 21.0 Å². The molecule has 1 aliphatic carbocycles. The Balaban J connectivity index is 0.000000577. The molecule has 0 aromatic rings. The highest BCUT2D eigenvalue weighted by molar-refractivity contribution is 8.16. The number of nitrogens with one attached hydrogen (secondary N) is 1. The topological polar surface area (TPSA) is 50.7 Å². The number of hydrogen-bond acceptors (Lipinski definition) is 4. The smallest absolute Gasteiger partial charge is 0.242 e. The average molecular weight is 437 g/mol. The molecule has 1 saturated carbocycles. The third-order valence-electron chi connectivity index (χ3n) is 5.51. The lowest BCUT2D eigenvalue weighted by Crippen LogP contribution is -2.42. The van der Waals surface area contributed by atoms with Gasteiger partial charge in [0.15, 0.2) is 5.17 Å². The first-order chi connectivity index (χ1) is 12.6. The molecule has 2 fully saturated rings. The van der Waals surface area contributed by atoms with E-state index in [1.54, 1.807) is 18.9 Å². The zero-order valence-corrected chi connectivity index (χ0v) is 19.8. The van der Waals surface area contributed by atoms with Gasteiger partial charge in [0.25, 0.3) is 0 Å². The molecule has 4 unspecified atom stereocenters. The van der Waals surface area contributed by atoms with Crippen LogP contribution in [-0.2, 0) is 9.53 Å². The van der Waals surface area contributed by atoms with E-state index in [1.165, 1.54) is 0 Å². The molecule has 4 nitrogen and oxygen atoms in total. The zero-order valence-electron chi connectivity index (χ0n) is 17.8. The molecule has 0 aromatic carbocycles. The molecule has 7 heteroatoms. The van der Waals surface area contributed by atoms with Gasteiger partial charge in [-0.2, -0.15) is 0 Å². The molecule has 28 heavy (non-hydrogen) atoms. The van der Waals surface area contributed by atoms with Crippen molar-refractivity contribution in [2.75, 3.05) is 7.11 Å². The van der Waals surface area contributed by atoms with Crippen LogP contribution in [0, 0.1) is 5.92 Å². The summed E-state index contributed by atoms with van der Waals surface area (Å²) < 4.78 is 18.5. The Hall–Kier alpha value is -0.190. The average Bonchev–Trinajstić information content (AvgIpc) is 2.90. The van der Waals surface area contributed by atoms with Gasteiger partial charge in [-0.1, -0.05) is 49.2 Å². The Labute approximate surface area is 178 Å². The number of hydrogen-bond donors (Lipinski definition) is 1. The number of carbonyl (C=O) groups excluding carboxylic acids is 1. The van der Waals surface area contributed by atoms with Gasteiger partial charge in [-0.15, -0.1) is 0 Å². The summed E-state index contributed by atoms with van der Waals surface area (Å²) in [6, 6.07) is 0.217. The molecule has 1 spiro atoms. The molecule has 1 N–H and O–H groups in total. The lowest BCUT2D eigenvalue weighted by molar-refractivity contribution is -0.123. The van der Waals surface area contributed by atoms with E-state index in [1.807, 2.05) is 34.6 Å². The Kier molecular flexibility index (Phi) is 12.4. The Morgan fingerprint density at radius 2 is 2.00 bits per heavy atom. The second-order valence-electron chi connectivity index (χ2n) is 7.83. The standard InChI is InChI=1S/C12H20N2O2S.C8H18FP.CH4/c1-8(2)13-11-14-10(15)12(17-11)6-4-5-9(7-12)16-3;1-4-7(5-2)8(9,10)6-3;/h8-9H,4-7H2,1-3H3,(H,13,14,15);7H,4-6,10H2,1-3H3;1H4. The van der Waals surface area contributed by atoms with Gasteiger partial charge in [-0.3, -0.25) is 9.79 Å². The quantitative estimate of drug-likeness (QED) is 0.523. The van der Waals surface area contributed by atoms with Gasteiger partial charge in [0.05, 0.1) is 6.10 Å². The van der Waals surface area contributed by atoms with Crippen molar-refractivity contribution in [1.29, 1.82) is 0 Å². The molecule has 1 saturated heterocycles. The highest BCUT2D eigenvalue weighted by atomic mass is 32.2. The third kappa shape index (κ3) is 7.57. The zero-order chi connectivity index (χ0) is 20.7. The third-order valence-corrected chi connectivity index (χ3v) is 7.73. The van der Waals surface area contributed by atoms with Gasteiger partial charge in [-0.25, -0.2) is 4.39 Å². The molecule has 0 bridgehead atoms. The highest BCUT2D eigenvalue weighted by Gasteiger charge is 2.49. The summed E-state index contributed by atoms with van der Waals surface area (Å²) in [4.78, 5) is 16.6. The fourth-order valence-corrected chi connectivity index (χ4v) is 5.61. The molecule has 166 valence electrons. The van der Waals surface area contributed by atoms with Crippen LogP contribution in [0.4, 0.5) is 4.39 Å². The Bertz CT molecular complexity index is 513. The van der Waals surface area contributed by atoms with E-state index in [0.29, 0.717) is 6.42 Å². The second kappa shape index (κ2) is 12.5. The molecule has 4 atom stereocenters. The number of halogens is 1. The van der Waals surface area contributed by atoms with Crippen molar-refractivity contribution in [3.8, 4) is 0 Å². The molecule has 2 aliphatic rings. The molecule has 1 heterocycles. The summed E-state index contributed by atoms with van der Waals surface area (Å²) >= 11 is 1.60. The maximum Gasteiger partial charge on any atom is 0.242 e. The van der Waals surface area contributed by atoms with E-state index in [0.717, 1.165) is 43.7 Å². The summed E-state index contributed by atoms with van der Waals surface area (Å²) in [5.74, 6) is 0.325. The first-order valence-electron chi connectivity index (χ1n) is 10.2. The fourth-order valence-electron chi connectivity index (χ4n) is 3.70. The van der Waals surface area contributed by atoms with Crippen molar-refractivity contribution in [2.24, 2.45) is 10.9 Å². The minimum absolute atomic E-state index is 0. The van der Waals surface area contributed by atoms with Crippen molar-refractivity contribution in [1.82, 2.24) is 5.32 Å². The van der Waals surface area contributed by atoms with Crippen molar-refractivity contribution in [3.63, 3.8) is 0 Å². The molecule has 1 aliphatic heterocycles. The van der Waals surface area contributed by atoms with Gasteiger partial charge < -0.3 is 10.1 Å².